The van der Waals surface area contributed by atoms with Crippen molar-refractivity contribution in [1.29, 1.82) is 0 Å². The largest absolute Gasteiger partial charge is 0.491 e. The molecule has 8 heteroatoms. The lowest BCUT2D eigenvalue weighted by Gasteiger charge is -2.14. The summed E-state index contributed by atoms with van der Waals surface area (Å²) in [6.45, 7) is 5.59. The van der Waals surface area contributed by atoms with Crippen molar-refractivity contribution in [3.05, 3.63) is 62.4 Å². The van der Waals surface area contributed by atoms with Gasteiger partial charge in [-0.2, -0.15) is 0 Å². The van der Waals surface area contributed by atoms with Crippen LogP contribution in [0.5, 0.6) is 5.75 Å². The number of rotatable bonds is 4. The van der Waals surface area contributed by atoms with Crippen molar-refractivity contribution in [3.8, 4) is 5.75 Å². The fourth-order valence-electron chi connectivity index (χ4n) is 2.93. The van der Waals surface area contributed by atoms with Crippen molar-refractivity contribution in [2.75, 3.05) is 5.32 Å². The van der Waals surface area contributed by atoms with Crippen molar-refractivity contribution >= 4 is 22.6 Å². The smallest absolute Gasteiger partial charge is 0.332 e. The quantitative estimate of drug-likeness (QED) is 0.744. The summed E-state index contributed by atoms with van der Waals surface area (Å²) in [6.07, 6.45) is 1.56. The second-order valence-corrected chi connectivity index (χ2v) is 6.87. The van der Waals surface area contributed by atoms with E-state index in [2.05, 4.69) is 10.3 Å². The second kappa shape index (κ2) is 7.30. The predicted octanol–water partition coefficient (Wildman–Crippen LogP) is 1.98. The molecule has 0 unspecified atom stereocenters. The Morgan fingerprint density at radius 2 is 1.75 bits per heavy atom. The van der Waals surface area contributed by atoms with Crippen molar-refractivity contribution in [1.82, 2.24) is 14.1 Å². The first-order valence-corrected chi connectivity index (χ1v) is 8.84. The molecule has 3 aromatic rings. The molecule has 0 bridgehead atoms. The molecule has 0 aliphatic carbocycles. The SMILES string of the molecule is Cc1cnc2c(c1NC(=O)c1ccc(OC(C)C)cc1)c(=O)n(C)c(=O)n2C. The van der Waals surface area contributed by atoms with Gasteiger partial charge in [0.15, 0.2) is 5.65 Å². The van der Waals surface area contributed by atoms with Crippen molar-refractivity contribution in [3.63, 3.8) is 0 Å². The molecule has 3 rings (SSSR count). The molecule has 1 N–H and O–H groups in total. The van der Waals surface area contributed by atoms with E-state index < -0.39 is 11.2 Å². The van der Waals surface area contributed by atoms with Gasteiger partial charge in [-0.25, -0.2) is 9.78 Å². The van der Waals surface area contributed by atoms with Crippen LogP contribution in [-0.4, -0.2) is 26.1 Å². The number of amides is 1. The van der Waals surface area contributed by atoms with Crippen LogP contribution in [0.15, 0.2) is 40.1 Å². The Morgan fingerprint density at radius 3 is 2.36 bits per heavy atom. The maximum absolute atomic E-state index is 12.7. The zero-order chi connectivity index (χ0) is 20.6. The van der Waals surface area contributed by atoms with Crippen LogP contribution < -0.4 is 21.3 Å². The van der Waals surface area contributed by atoms with Crippen LogP contribution in [0.1, 0.15) is 29.8 Å². The summed E-state index contributed by atoms with van der Waals surface area (Å²) in [5, 5.41) is 2.99. The Bertz CT molecular complexity index is 1170. The Morgan fingerprint density at radius 1 is 1.11 bits per heavy atom. The first-order chi connectivity index (χ1) is 13.2. The summed E-state index contributed by atoms with van der Waals surface area (Å²) in [4.78, 5) is 41.8. The summed E-state index contributed by atoms with van der Waals surface area (Å²) < 4.78 is 7.86. The highest BCUT2D eigenvalue weighted by molar-refractivity contribution is 6.08. The lowest BCUT2D eigenvalue weighted by atomic mass is 10.1. The van der Waals surface area contributed by atoms with E-state index >= 15 is 0 Å². The van der Waals surface area contributed by atoms with Gasteiger partial charge in [-0.15, -0.1) is 0 Å². The van der Waals surface area contributed by atoms with E-state index in [-0.39, 0.29) is 23.0 Å². The maximum atomic E-state index is 12.7. The molecule has 0 saturated carbocycles. The first-order valence-electron chi connectivity index (χ1n) is 8.84. The van der Waals surface area contributed by atoms with Crippen LogP contribution in [0, 0.1) is 6.92 Å². The van der Waals surface area contributed by atoms with Gasteiger partial charge in [-0.3, -0.25) is 18.7 Å². The highest BCUT2D eigenvalue weighted by Gasteiger charge is 2.18. The molecule has 0 atom stereocenters. The fraction of sp³-hybridized carbons (Fsp3) is 0.300. The number of anilines is 1. The number of aromatic nitrogens is 3. The van der Waals surface area contributed by atoms with Gasteiger partial charge in [-0.1, -0.05) is 0 Å². The van der Waals surface area contributed by atoms with Gasteiger partial charge in [0, 0.05) is 25.9 Å². The average Bonchev–Trinajstić information content (AvgIpc) is 2.66. The molecule has 1 amide bonds. The Hall–Kier alpha value is -3.42. The normalized spacial score (nSPS) is 11.1. The van der Waals surface area contributed by atoms with Crippen molar-refractivity contribution in [2.45, 2.75) is 26.9 Å². The maximum Gasteiger partial charge on any atom is 0.332 e. The lowest BCUT2D eigenvalue weighted by molar-refractivity contribution is 0.102. The Labute approximate surface area is 161 Å². The van der Waals surface area contributed by atoms with Crippen molar-refractivity contribution < 1.29 is 9.53 Å². The van der Waals surface area contributed by atoms with Crippen LogP contribution in [0.25, 0.3) is 11.0 Å². The number of carbonyl (C=O) groups excluding carboxylic acids is 1. The van der Waals surface area contributed by atoms with Crippen LogP contribution >= 0.6 is 0 Å². The van der Waals surface area contributed by atoms with Crippen LogP contribution in [-0.2, 0) is 14.1 Å². The van der Waals surface area contributed by atoms with E-state index in [4.69, 9.17) is 4.74 Å². The second-order valence-electron chi connectivity index (χ2n) is 6.87. The molecule has 1 aromatic carbocycles. The molecule has 0 radical (unpaired) electrons. The number of aryl methyl sites for hydroxylation is 2. The third kappa shape index (κ3) is 3.40. The monoisotopic (exact) mass is 382 g/mol. The minimum absolute atomic E-state index is 0.0355. The van der Waals surface area contributed by atoms with Gasteiger partial charge in [0.2, 0.25) is 0 Å². The van der Waals surface area contributed by atoms with E-state index in [1.54, 1.807) is 31.2 Å². The molecule has 2 heterocycles. The van der Waals surface area contributed by atoms with E-state index in [0.29, 0.717) is 22.6 Å². The summed E-state index contributed by atoms with van der Waals surface area (Å²) in [5.41, 5.74) is 0.610. The number of hydrogen-bond donors (Lipinski definition) is 1. The number of pyridine rings is 1. The van der Waals surface area contributed by atoms with Crippen LogP contribution in [0.3, 0.4) is 0 Å². The highest BCUT2D eigenvalue weighted by Crippen LogP contribution is 2.23. The minimum atomic E-state index is -0.509. The van der Waals surface area contributed by atoms with Gasteiger partial charge >= 0.3 is 5.69 Å². The molecule has 0 aliphatic rings. The standard InChI is InChI=1S/C20H22N4O4/c1-11(2)28-14-8-6-13(7-9-14)18(25)22-16-12(3)10-21-17-15(16)19(26)24(5)20(27)23(17)4/h6-11H,1-5H3,(H,21,22,25). The average molecular weight is 382 g/mol. The van der Waals surface area contributed by atoms with Crippen molar-refractivity contribution in [2.24, 2.45) is 14.1 Å². The van der Waals surface area contributed by atoms with Gasteiger partial charge in [0.1, 0.15) is 11.1 Å². The van der Waals surface area contributed by atoms with Gasteiger partial charge in [0.05, 0.1) is 11.8 Å². The third-order valence-corrected chi connectivity index (χ3v) is 4.39. The number of nitrogens with zero attached hydrogens (tertiary/aromatic N) is 3. The predicted molar refractivity (Wildman–Crippen MR) is 107 cm³/mol. The number of ether oxygens (including phenoxy) is 1. The lowest BCUT2D eigenvalue weighted by Crippen LogP contribution is -2.37. The van der Waals surface area contributed by atoms with Crippen LogP contribution in [0.4, 0.5) is 5.69 Å². The minimum Gasteiger partial charge on any atom is -0.491 e. The summed E-state index contributed by atoms with van der Waals surface area (Å²) in [6, 6.07) is 6.74. The molecule has 0 spiro atoms. The summed E-state index contributed by atoms with van der Waals surface area (Å²) in [5.74, 6) is 0.295. The molecule has 0 saturated heterocycles. The van der Waals surface area contributed by atoms with E-state index in [0.717, 1.165) is 4.57 Å². The van der Waals surface area contributed by atoms with Crippen LogP contribution in [0.2, 0.25) is 0 Å². The van der Waals surface area contributed by atoms with Gasteiger partial charge in [0.25, 0.3) is 11.5 Å². The van der Waals surface area contributed by atoms with E-state index in [1.807, 2.05) is 13.8 Å². The Balaban J connectivity index is 2.05. The number of nitrogens with one attached hydrogen (secondary N) is 1. The molecular formula is C20H22N4O4. The molecule has 0 fully saturated rings. The van der Waals surface area contributed by atoms with Gasteiger partial charge < -0.3 is 10.1 Å². The number of carbonyl (C=O) groups is 1. The third-order valence-electron chi connectivity index (χ3n) is 4.39. The topological polar surface area (TPSA) is 95.2 Å². The summed E-state index contributed by atoms with van der Waals surface area (Å²) >= 11 is 0. The molecule has 8 nitrogen and oxygen atoms in total. The highest BCUT2D eigenvalue weighted by atomic mass is 16.5. The first kappa shape index (κ1) is 19.3. The molecule has 2 aromatic heterocycles. The zero-order valence-corrected chi connectivity index (χ0v) is 16.4. The molecular weight excluding hydrogens is 360 g/mol. The fourth-order valence-corrected chi connectivity index (χ4v) is 2.93. The molecule has 146 valence electrons. The number of hydrogen-bond acceptors (Lipinski definition) is 5. The Kier molecular flexibility index (Phi) is 5.04. The van der Waals surface area contributed by atoms with E-state index in [1.165, 1.54) is 24.9 Å². The molecule has 28 heavy (non-hydrogen) atoms. The zero-order valence-electron chi connectivity index (χ0n) is 16.4. The molecule has 0 aliphatic heterocycles. The van der Waals surface area contributed by atoms with E-state index in [9.17, 15) is 14.4 Å². The summed E-state index contributed by atoms with van der Waals surface area (Å²) in [7, 11) is 2.93. The number of fused-ring (bicyclic) bond motifs is 1. The number of benzene rings is 1. The van der Waals surface area contributed by atoms with Gasteiger partial charge in [-0.05, 0) is 50.6 Å².